The molecule has 1 amide bonds. The maximum absolute atomic E-state index is 11.6. The number of nitrogens with zero attached hydrogens (tertiary/aromatic N) is 1. The van der Waals surface area contributed by atoms with Crippen LogP contribution in [0.3, 0.4) is 0 Å². The first-order valence-corrected chi connectivity index (χ1v) is 5.10. The molecule has 0 saturated carbocycles. The highest BCUT2D eigenvalue weighted by Crippen LogP contribution is 2.12. The van der Waals surface area contributed by atoms with Gasteiger partial charge in [-0.1, -0.05) is 0 Å². The Labute approximate surface area is 95.0 Å². The van der Waals surface area contributed by atoms with E-state index in [1.807, 2.05) is 13.0 Å². The minimum Gasteiger partial charge on any atom is -0.380 e. The molecule has 1 aromatic rings. The molecule has 88 valence electrons. The summed E-state index contributed by atoms with van der Waals surface area (Å²) in [4.78, 5) is 15.6. The number of carbonyl (C=O) groups is 1. The molecule has 0 aliphatic rings. The Morgan fingerprint density at radius 1 is 1.69 bits per heavy atom. The normalized spacial score (nSPS) is 12.2. The molecule has 3 N–H and O–H groups in total. The number of amides is 1. The average Bonchev–Trinajstić information content (AvgIpc) is 2.29. The molecule has 0 aliphatic carbocycles. The number of aryl methyl sites for hydroxylation is 1. The smallest absolute Gasteiger partial charge is 0.227 e. The van der Waals surface area contributed by atoms with Crippen molar-refractivity contribution < 1.29 is 9.53 Å². The van der Waals surface area contributed by atoms with Gasteiger partial charge in [-0.3, -0.25) is 9.78 Å². The summed E-state index contributed by atoms with van der Waals surface area (Å²) in [7, 11) is 1.54. The van der Waals surface area contributed by atoms with E-state index in [0.717, 1.165) is 11.3 Å². The molecule has 0 saturated heterocycles. The van der Waals surface area contributed by atoms with Crippen molar-refractivity contribution in [2.45, 2.75) is 19.4 Å². The molecule has 0 aliphatic heterocycles. The molecular weight excluding hydrogens is 206 g/mol. The molecule has 0 radical (unpaired) electrons. The fourth-order valence-corrected chi connectivity index (χ4v) is 1.27. The minimum absolute atomic E-state index is 0.117. The third kappa shape index (κ3) is 3.60. The van der Waals surface area contributed by atoms with Crippen LogP contribution in [0.5, 0.6) is 0 Å². The average molecular weight is 223 g/mol. The summed E-state index contributed by atoms with van der Waals surface area (Å²) in [6.07, 6.45) is 3.32. The van der Waals surface area contributed by atoms with Gasteiger partial charge in [0, 0.05) is 19.9 Å². The van der Waals surface area contributed by atoms with Gasteiger partial charge < -0.3 is 15.8 Å². The maximum atomic E-state index is 11.6. The largest absolute Gasteiger partial charge is 0.380 e. The summed E-state index contributed by atoms with van der Waals surface area (Å²) in [5.41, 5.74) is 7.14. The predicted octanol–water partition coefficient (Wildman–Crippen LogP) is 0.692. The number of rotatable bonds is 5. The number of methoxy groups -OCH3 is 1. The van der Waals surface area contributed by atoms with Crippen LogP contribution in [-0.4, -0.2) is 30.6 Å². The zero-order valence-electron chi connectivity index (χ0n) is 9.56. The lowest BCUT2D eigenvalue weighted by molar-refractivity contribution is -0.118. The Kier molecular flexibility index (Phi) is 4.88. The van der Waals surface area contributed by atoms with Crippen LogP contribution < -0.4 is 11.1 Å². The van der Waals surface area contributed by atoms with Crippen molar-refractivity contribution in [2.24, 2.45) is 5.73 Å². The van der Waals surface area contributed by atoms with Crippen LogP contribution in [0.4, 0.5) is 5.69 Å². The van der Waals surface area contributed by atoms with Crippen LogP contribution in [0.2, 0.25) is 0 Å². The molecule has 1 atom stereocenters. The third-order valence-electron chi connectivity index (χ3n) is 2.32. The van der Waals surface area contributed by atoms with E-state index in [0.29, 0.717) is 6.54 Å². The molecule has 1 unspecified atom stereocenters. The summed E-state index contributed by atoms with van der Waals surface area (Å²) in [5, 5.41) is 2.77. The number of pyridine rings is 1. The second kappa shape index (κ2) is 6.19. The van der Waals surface area contributed by atoms with Gasteiger partial charge in [-0.25, -0.2) is 0 Å². The molecule has 1 aromatic heterocycles. The Morgan fingerprint density at radius 2 is 2.44 bits per heavy atom. The van der Waals surface area contributed by atoms with Crippen LogP contribution in [0.25, 0.3) is 0 Å². The van der Waals surface area contributed by atoms with Gasteiger partial charge in [0.15, 0.2) is 0 Å². The topological polar surface area (TPSA) is 77.2 Å². The molecule has 0 fully saturated rings. The Hall–Kier alpha value is -1.46. The number of ether oxygens (including phenoxy) is 1. The van der Waals surface area contributed by atoms with Crippen molar-refractivity contribution in [3.05, 3.63) is 24.0 Å². The van der Waals surface area contributed by atoms with E-state index >= 15 is 0 Å². The number of nitrogens with one attached hydrogen (secondary N) is 1. The quantitative estimate of drug-likeness (QED) is 0.770. The summed E-state index contributed by atoms with van der Waals surface area (Å²) >= 11 is 0. The summed E-state index contributed by atoms with van der Waals surface area (Å²) in [6.45, 7) is 2.24. The van der Waals surface area contributed by atoms with E-state index in [2.05, 4.69) is 10.3 Å². The van der Waals surface area contributed by atoms with Crippen LogP contribution in [0, 0.1) is 6.92 Å². The second-order valence-corrected chi connectivity index (χ2v) is 3.54. The first kappa shape index (κ1) is 12.6. The first-order valence-electron chi connectivity index (χ1n) is 5.10. The number of carbonyl (C=O) groups excluding carboxylic acids is 1. The molecule has 1 rings (SSSR count). The van der Waals surface area contributed by atoms with Gasteiger partial charge in [0.05, 0.1) is 24.4 Å². The third-order valence-corrected chi connectivity index (χ3v) is 2.32. The van der Waals surface area contributed by atoms with Gasteiger partial charge in [-0.05, 0) is 18.6 Å². The van der Waals surface area contributed by atoms with Crippen molar-refractivity contribution in [1.82, 2.24) is 4.98 Å². The van der Waals surface area contributed by atoms with E-state index in [9.17, 15) is 4.79 Å². The van der Waals surface area contributed by atoms with E-state index in [4.69, 9.17) is 10.5 Å². The summed E-state index contributed by atoms with van der Waals surface area (Å²) in [6, 6.07) is 1.84. The van der Waals surface area contributed by atoms with Gasteiger partial charge in [0.2, 0.25) is 5.91 Å². The van der Waals surface area contributed by atoms with Crippen LogP contribution in [0.1, 0.15) is 12.0 Å². The van der Waals surface area contributed by atoms with Crippen molar-refractivity contribution in [3.8, 4) is 0 Å². The lowest BCUT2D eigenvalue weighted by Crippen LogP contribution is -2.28. The van der Waals surface area contributed by atoms with Gasteiger partial charge in [-0.15, -0.1) is 0 Å². The van der Waals surface area contributed by atoms with Crippen LogP contribution in [0.15, 0.2) is 18.5 Å². The van der Waals surface area contributed by atoms with Crippen molar-refractivity contribution in [1.29, 1.82) is 0 Å². The van der Waals surface area contributed by atoms with Crippen molar-refractivity contribution >= 4 is 11.6 Å². The van der Waals surface area contributed by atoms with E-state index in [1.54, 1.807) is 19.5 Å². The zero-order valence-corrected chi connectivity index (χ0v) is 9.56. The van der Waals surface area contributed by atoms with Gasteiger partial charge >= 0.3 is 0 Å². The van der Waals surface area contributed by atoms with E-state index < -0.39 is 0 Å². The molecule has 1 heterocycles. The van der Waals surface area contributed by atoms with Crippen LogP contribution in [-0.2, 0) is 9.53 Å². The highest BCUT2D eigenvalue weighted by atomic mass is 16.5. The van der Waals surface area contributed by atoms with Crippen LogP contribution >= 0.6 is 0 Å². The minimum atomic E-state index is -0.239. The van der Waals surface area contributed by atoms with E-state index in [1.165, 1.54) is 0 Å². The lowest BCUT2D eigenvalue weighted by atomic mass is 10.2. The molecule has 0 spiro atoms. The molecule has 0 aromatic carbocycles. The predicted molar refractivity (Wildman–Crippen MR) is 62.1 cm³/mol. The highest BCUT2D eigenvalue weighted by Gasteiger charge is 2.12. The Morgan fingerprint density at radius 3 is 3.00 bits per heavy atom. The number of hydrogen-bond acceptors (Lipinski definition) is 4. The molecule has 5 heteroatoms. The van der Waals surface area contributed by atoms with Crippen molar-refractivity contribution in [3.63, 3.8) is 0 Å². The Bertz CT molecular complexity index is 351. The number of nitrogens with two attached hydrogens (primary N) is 1. The number of aromatic nitrogens is 1. The summed E-state index contributed by atoms with van der Waals surface area (Å²) in [5.74, 6) is -0.117. The van der Waals surface area contributed by atoms with Crippen molar-refractivity contribution in [2.75, 3.05) is 19.0 Å². The molecule has 0 bridgehead atoms. The standard InChI is InChI=1S/C11H17N3O2/c1-8-3-4-13-7-10(8)14-11(15)5-9(6-12)16-2/h3-4,7,9H,5-6,12H2,1-2H3,(H,14,15). The maximum Gasteiger partial charge on any atom is 0.227 e. The molecule has 16 heavy (non-hydrogen) atoms. The van der Waals surface area contributed by atoms with Gasteiger partial charge in [0.1, 0.15) is 0 Å². The fourth-order valence-electron chi connectivity index (χ4n) is 1.27. The first-order chi connectivity index (χ1) is 7.67. The SMILES string of the molecule is COC(CN)CC(=O)Nc1cnccc1C. The summed E-state index contributed by atoms with van der Waals surface area (Å²) < 4.78 is 5.04. The van der Waals surface area contributed by atoms with Gasteiger partial charge in [0.25, 0.3) is 0 Å². The fraction of sp³-hybridized carbons (Fsp3) is 0.455. The molecular formula is C11H17N3O2. The van der Waals surface area contributed by atoms with E-state index in [-0.39, 0.29) is 18.4 Å². The second-order valence-electron chi connectivity index (χ2n) is 3.54. The monoisotopic (exact) mass is 223 g/mol. The molecule has 5 nitrogen and oxygen atoms in total. The highest BCUT2D eigenvalue weighted by molar-refractivity contribution is 5.91. The van der Waals surface area contributed by atoms with Gasteiger partial charge in [-0.2, -0.15) is 0 Å². The zero-order chi connectivity index (χ0) is 12.0. The lowest BCUT2D eigenvalue weighted by Gasteiger charge is -2.13. The number of anilines is 1. The Balaban J connectivity index is 2.55. The number of hydrogen-bond donors (Lipinski definition) is 2.